The first-order valence-electron chi connectivity index (χ1n) is 14.2. The average Bonchev–Trinajstić information content (AvgIpc) is 2.90. The van der Waals surface area contributed by atoms with Crippen LogP contribution in [0.15, 0.2) is 83.0 Å². The summed E-state index contributed by atoms with van der Waals surface area (Å²) < 4.78 is 5.31. The van der Waals surface area contributed by atoms with Gasteiger partial charge in [0.15, 0.2) is 5.82 Å². The fourth-order valence-electron chi connectivity index (χ4n) is 3.58. The second-order valence-electron chi connectivity index (χ2n) is 11.1. The lowest BCUT2D eigenvalue weighted by atomic mass is 10.0. The van der Waals surface area contributed by atoms with Gasteiger partial charge >= 0.3 is 6.09 Å². The number of hydrogen-bond donors (Lipinski definition) is 2. The van der Waals surface area contributed by atoms with Crippen LogP contribution in [-0.4, -0.2) is 46.3 Å². The van der Waals surface area contributed by atoms with Crippen molar-refractivity contribution >= 4 is 29.6 Å². The lowest BCUT2D eigenvalue weighted by Crippen LogP contribution is -2.33. The van der Waals surface area contributed by atoms with Crippen LogP contribution in [0.2, 0.25) is 0 Å². The highest BCUT2D eigenvalue weighted by atomic mass is 32.2. The molecule has 8 nitrogen and oxygen atoms in total. The molecule has 0 radical (unpaired) electrons. The summed E-state index contributed by atoms with van der Waals surface area (Å²) in [7, 11) is 1.93. The number of amides is 2. The molecule has 0 saturated carbocycles. The molecule has 0 aliphatic carbocycles. The molecule has 0 unspecified atom stereocenters. The number of thioether (sulfide) groups is 1. The second-order valence-corrected chi connectivity index (χ2v) is 12.3. The van der Waals surface area contributed by atoms with E-state index in [1.807, 2.05) is 71.7 Å². The molecule has 9 heteroatoms. The number of hydrogen-bond acceptors (Lipinski definition) is 7. The van der Waals surface area contributed by atoms with Crippen molar-refractivity contribution in [1.29, 1.82) is 0 Å². The highest BCUT2D eigenvalue weighted by Crippen LogP contribution is 2.31. The van der Waals surface area contributed by atoms with Gasteiger partial charge in [-0.25, -0.2) is 4.79 Å². The number of unbranched alkanes of at least 4 members (excludes halogenated alkanes) is 1. The molecule has 230 valence electrons. The molecule has 0 aliphatic rings. The summed E-state index contributed by atoms with van der Waals surface area (Å²) in [6, 6.07) is 3.69. The number of nitrogens with one attached hydrogen (secondary N) is 2. The first-order valence-corrected chi connectivity index (χ1v) is 15.0. The molecule has 0 aromatic carbocycles. The summed E-state index contributed by atoms with van der Waals surface area (Å²) in [6.45, 7) is 28.4. The molecule has 0 spiro atoms. The molecular weight excluding hydrogens is 546 g/mol. The molecule has 1 heterocycles. The molecule has 0 atom stereocenters. The summed E-state index contributed by atoms with van der Waals surface area (Å²) in [5, 5.41) is 14.8. The zero-order chi connectivity index (χ0) is 31.9. The summed E-state index contributed by atoms with van der Waals surface area (Å²) in [6.07, 6.45) is 7.82. The minimum Gasteiger partial charge on any atom is -0.444 e. The largest absolute Gasteiger partial charge is 0.444 e. The number of alkyl carbamates (subject to hydrolysis) is 1. The Bertz CT molecular complexity index is 1190. The minimum atomic E-state index is -0.552. The fourth-order valence-corrected chi connectivity index (χ4v) is 4.43. The van der Waals surface area contributed by atoms with Gasteiger partial charge in [-0.1, -0.05) is 55.8 Å². The number of anilines is 1. The van der Waals surface area contributed by atoms with Gasteiger partial charge in [0.1, 0.15) is 5.60 Å². The molecular formula is C33H49N5O3S. The fraction of sp³-hybridized carbons (Fsp3) is 0.455. The van der Waals surface area contributed by atoms with Gasteiger partial charge in [-0.15, -0.1) is 5.10 Å². The van der Waals surface area contributed by atoms with Crippen LogP contribution in [0.3, 0.4) is 0 Å². The normalized spacial score (nSPS) is 11.9. The van der Waals surface area contributed by atoms with Gasteiger partial charge in [-0.05, 0) is 95.4 Å². The molecule has 1 aromatic rings. The van der Waals surface area contributed by atoms with E-state index in [2.05, 4.69) is 47.1 Å². The Morgan fingerprint density at radius 2 is 1.74 bits per heavy atom. The van der Waals surface area contributed by atoms with E-state index in [4.69, 9.17) is 4.74 Å². The zero-order valence-corrected chi connectivity index (χ0v) is 27.4. The van der Waals surface area contributed by atoms with Gasteiger partial charge in [-0.3, -0.25) is 4.79 Å². The van der Waals surface area contributed by atoms with Crippen molar-refractivity contribution in [2.24, 2.45) is 0 Å². The van der Waals surface area contributed by atoms with Crippen molar-refractivity contribution in [3.05, 3.63) is 88.6 Å². The van der Waals surface area contributed by atoms with Crippen LogP contribution in [-0.2, 0) is 16.0 Å². The summed E-state index contributed by atoms with van der Waals surface area (Å²) in [5.41, 5.74) is 3.97. The van der Waals surface area contributed by atoms with Crippen molar-refractivity contribution < 1.29 is 14.3 Å². The standard InChI is InChI=1S/C33H49N5O3S/c1-12-23(3)20-31(39)35-30-19-18-29(36-37-30)17-15-14-16-26(6)42-27(7)38(11)25(5)21-24(4)28(13-2)22-34-32(40)41-33(8,9)10/h12-13,18-19H,4-7,14-17,20-22H2,1-3,8-11H3,(H,34,40)(H,35,37,39)/b23-12+,28-13-. The lowest BCUT2D eigenvalue weighted by molar-refractivity contribution is -0.115. The number of carbonyl (C=O) groups is 2. The van der Waals surface area contributed by atoms with E-state index in [0.717, 1.165) is 63.7 Å². The third-order valence-corrected chi connectivity index (χ3v) is 7.21. The van der Waals surface area contributed by atoms with Crippen LogP contribution >= 0.6 is 11.8 Å². The number of nitrogens with zero attached hydrogens (tertiary/aromatic N) is 3. The molecule has 2 amide bonds. The maximum absolute atomic E-state index is 12.0. The SMILES string of the molecule is C=C(CCCCc1ccc(NC(=O)C/C(C)=C/C)nn1)SC(=C)N(C)C(=C)CC(=C)/C(=C\C)CNC(=O)OC(C)(C)C. The van der Waals surface area contributed by atoms with E-state index in [1.165, 1.54) is 0 Å². The first kappa shape index (κ1) is 36.4. The topological polar surface area (TPSA) is 96.5 Å². The number of rotatable bonds is 17. The van der Waals surface area contributed by atoms with Crippen molar-refractivity contribution in [2.45, 2.75) is 85.7 Å². The van der Waals surface area contributed by atoms with Crippen LogP contribution in [0.5, 0.6) is 0 Å². The van der Waals surface area contributed by atoms with Crippen molar-refractivity contribution in [1.82, 2.24) is 20.4 Å². The Kier molecular flexibility index (Phi) is 15.7. The Morgan fingerprint density at radius 3 is 2.31 bits per heavy atom. The predicted molar refractivity (Wildman–Crippen MR) is 177 cm³/mol. The highest BCUT2D eigenvalue weighted by molar-refractivity contribution is 8.06. The summed E-state index contributed by atoms with van der Waals surface area (Å²) in [4.78, 5) is 27.0. The predicted octanol–water partition coefficient (Wildman–Crippen LogP) is 8.07. The lowest BCUT2D eigenvalue weighted by Gasteiger charge is -2.25. The number of aromatic nitrogens is 2. The van der Waals surface area contributed by atoms with Gasteiger partial charge in [0.2, 0.25) is 5.91 Å². The quantitative estimate of drug-likeness (QED) is 0.107. The van der Waals surface area contributed by atoms with Crippen LogP contribution in [0, 0.1) is 0 Å². The van der Waals surface area contributed by atoms with Crippen molar-refractivity contribution in [3.8, 4) is 0 Å². The first-order chi connectivity index (χ1) is 19.6. The third-order valence-electron chi connectivity index (χ3n) is 6.21. The van der Waals surface area contributed by atoms with Crippen LogP contribution < -0.4 is 10.6 Å². The van der Waals surface area contributed by atoms with E-state index in [1.54, 1.807) is 17.8 Å². The number of ether oxygens (including phenoxy) is 1. The Balaban J connectivity index is 2.41. The molecule has 2 N–H and O–H groups in total. The summed E-state index contributed by atoms with van der Waals surface area (Å²) >= 11 is 1.54. The molecule has 0 fully saturated rings. The highest BCUT2D eigenvalue weighted by Gasteiger charge is 2.17. The maximum Gasteiger partial charge on any atom is 0.407 e. The Hall–Kier alpha value is -3.59. The van der Waals surface area contributed by atoms with Gasteiger partial charge in [-0.2, -0.15) is 5.10 Å². The minimum absolute atomic E-state index is 0.0976. The molecule has 0 saturated heterocycles. The number of carbonyl (C=O) groups excluding carboxylic acids is 2. The molecule has 0 aliphatic heterocycles. The average molecular weight is 596 g/mol. The Labute approximate surface area is 257 Å². The molecule has 1 aromatic heterocycles. The van der Waals surface area contributed by atoms with E-state index in [9.17, 15) is 9.59 Å². The van der Waals surface area contributed by atoms with E-state index < -0.39 is 11.7 Å². The number of allylic oxidation sites excluding steroid dienone is 4. The van der Waals surface area contributed by atoms with E-state index in [-0.39, 0.29) is 5.91 Å². The van der Waals surface area contributed by atoms with Crippen LogP contribution in [0.4, 0.5) is 10.6 Å². The monoisotopic (exact) mass is 595 g/mol. The van der Waals surface area contributed by atoms with Gasteiger partial charge in [0.05, 0.1) is 10.7 Å². The van der Waals surface area contributed by atoms with E-state index in [0.29, 0.717) is 25.2 Å². The third kappa shape index (κ3) is 14.9. The molecule has 1 rings (SSSR count). The van der Waals surface area contributed by atoms with Gasteiger partial charge in [0.25, 0.3) is 0 Å². The molecule has 42 heavy (non-hydrogen) atoms. The molecule has 0 bridgehead atoms. The smallest absolute Gasteiger partial charge is 0.407 e. The Morgan fingerprint density at radius 1 is 1.05 bits per heavy atom. The zero-order valence-electron chi connectivity index (χ0n) is 26.6. The maximum atomic E-state index is 12.0. The van der Waals surface area contributed by atoms with Crippen molar-refractivity contribution in [3.63, 3.8) is 0 Å². The number of aryl methyl sites for hydroxylation is 1. The van der Waals surface area contributed by atoms with E-state index >= 15 is 0 Å². The summed E-state index contributed by atoms with van der Waals surface area (Å²) in [5.74, 6) is 0.365. The second kappa shape index (κ2) is 18.1. The van der Waals surface area contributed by atoms with Crippen LogP contribution in [0.1, 0.15) is 79.3 Å². The van der Waals surface area contributed by atoms with Gasteiger partial charge < -0.3 is 20.3 Å². The van der Waals surface area contributed by atoms with Gasteiger partial charge in [0, 0.05) is 32.1 Å². The van der Waals surface area contributed by atoms with Crippen LogP contribution in [0.25, 0.3) is 0 Å². The van der Waals surface area contributed by atoms with Crippen molar-refractivity contribution in [2.75, 3.05) is 18.9 Å².